The van der Waals surface area contributed by atoms with Crippen LogP contribution >= 0.6 is 0 Å². The maximum Gasteiger partial charge on any atom is 0.254 e. The lowest BCUT2D eigenvalue weighted by atomic mass is 9.96. The Balaban J connectivity index is 1.02. The van der Waals surface area contributed by atoms with Gasteiger partial charge < -0.3 is 19.5 Å². The zero-order chi connectivity index (χ0) is 28.5. The summed E-state index contributed by atoms with van der Waals surface area (Å²) in [6, 6.07) is 23.1. The maximum absolute atomic E-state index is 13.1. The normalized spacial score (nSPS) is 21.6. The minimum Gasteiger partial charge on any atom is -0.454 e. The second-order valence-electron chi connectivity index (χ2n) is 11.8. The summed E-state index contributed by atoms with van der Waals surface area (Å²) in [6.07, 6.45) is 1.36. The largest absolute Gasteiger partial charge is 0.454 e. The minimum atomic E-state index is -0.713. The fraction of sp³-hybridized carbons (Fsp3) is 0.441. The second kappa shape index (κ2) is 11.8. The van der Waals surface area contributed by atoms with Crippen LogP contribution in [-0.4, -0.2) is 77.3 Å². The molecule has 7 nitrogen and oxygen atoms in total. The average Bonchev–Trinajstić information content (AvgIpc) is 3.49. The van der Waals surface area contributed by atoms with E-state index in [1.54, 1.807) is 0 Å². The summed E-state index contributed by atoms with van der Waals surface area (Å²) >= 11 is 0. The first-order chi connectivity index (χ1) is 19.9. The van der Waals surface area contributed by atoms with Crippen LogP contribution in [0.25, 0.3) is 0 Å². The minimum absolute atomic E-state index is 0.169. The predicted molar refractivity (Wildman–Crippen MR) is 159 cm³/mol. The summed E-state index contributed by atoms with van der Waals surface area (Å²) in [5.41, 5.74) is 4.80. The van der Waals surface area contributed by atoms with Gasteiger partial charge in [-0.3, -0.25) is 14.6 Å². The zero-order valence-corrected chi connectivity index (χ0v) is 24.3. The Morgan fingerprint density at radius 3 is 2.29 bits per heavy atom. The molecule has 3 aliphatic heterocycles. The van der Waals surface area contributed by atoms with Crippen molar-refractivity contribution >= 4 is 5.91 Å². The SMILES string of the molecule is Cc1ccccc1C(=O)N1CCC(N2CCN([C@@H](C)c3ccc(C(O)c4ccc5c(c4)OCO5)cc3)[C@H](C)C2)CC1. The highest BCUT2D eigenvalue weighted by Gasteiger charge is 2.34. The summed E-state index contributed by atoms with van der Waals surface area (Å²) < 4.78 is 10.9. The number of carbonyl (C=O) groups is 1. The number of hydrogen-bond acceptors (Lipinski definition) is 6. The van der Waals surface area contributed by atoms with Crippen molar-refractivity contribution in [1.29, 1.82) is 0 Å². The number of hydrogen-bond donors (Lipinski definition) is 1. The van der Waals surface area contributed by atoms with Gasteiger partial charge in [0.2, 0.25) is 6.79 Å². The number of benzene rings is 3. The number of piperazine rings is 1. The van der Waals surface area contributed by atoms with Gasteiger partial charge in [-0.2, -0.15) is 0 Å². The first kappa shape index (κ1) is 27.8. The molecule has 0 spiro atoms. The lowest BCUT2D eigenvalue weighted by Crippen LogP contribution is -2.57. The van der Waals surface area contributed by atoms with Crippen LogP contribution in [0.5, 0.6) is 11.5 Å². The topological polar surface area (TPSA) is 65.5 Å². The predicted octanol–water partition coefficient (Wildman–Crippen LogP) is 5.18. The smallest absolute Gasteiger partial charge is 0.254 e. The van der Waals surface area contributed by atoms with Gasteiger partial charge in [0.05, 0.1) is 0 Å². The van der Waals surface area contributed by atoms with E-state index >= 15 is 0 Å². The summed E-state index contributed by atoms with van der Waals surface area (Å²) in [6.45, 7) is 11.6. The third-order valence-electron chi connectivity index (χ3n) is 9.30. The molecule has 0 saturated carbocycles. The van der Waals surface area contributed by atoms with Gasteiger partial charge in [-0.25, -0.2) is 0 Å². The molecule has 3 aromatic carbocycles. The van der Waals surface area contributed by atoms with Crippen molar-refractivity contribution < 1.29 is 19.4 Å². The van der Waals surface area contributed by atoms with Crippen molar-refractivity contribution in [3.05, 3.63) is 94.5 Å². The number of piperidine rings is 1. The Hall–Kier alpha value is -3.39. The Labute approximate surface area is 243 Å². The summed E-state index contributed by atoms with van der Waals surface area (Å²) in [5, 5.41) is 11.0. The average molecular weight is 556 g/mol. The maximum atomic E-state index is 13.1. The molecule has 0 aromatic heterocycles. The van der Waals surface area contributed by atoms with Gasteiger partial charge in [0.15, 0.2) is 11.5 Å². The van der Waals surface area contributed by atoms with Crippen LogP contribution < -0.4 is 9.47 Å². The monoisotopic (exact) mass is 555 g/mol. The van der Waals surface area contributed by atoms with Gasteiger partial charge in [-0.15, -0.1) is 0 Å². The molecule has 3 aliphatic rings. The molecule has 6 rings (SSSR count). The van der Waals surface area contributed by atoms with E-state index in [0.29, 0.717) is 17.8 Å². The van der Waals surface area contributed by atoms with Crippen LogP contribution in [0.1, 0.15) is 71.4 Å². The van der Waals surface area contributed by atoms with E-state index in [0.717, 1.165) is 73.6 Å². The molecule has 1 unspecified atom stereocenters. The van der Waals surface area contributed by atoms with Gasteiger partial charge in [0, 0.05) is 56.4 Å². The lowest BCUT2D eigenvalue weighted by Gasteiger charge is -2.47. The Morgan fingerprint density at radius 1 is 0.878 bits per heavy atom. The van der Waals surface area contributed by atoms with E-state index in [2.05, 4.69) is 35.8 Å². The molecule has 3 heterocycles. The molecule has 1 amide bonds. The molecule has 7 heteroatoms. The number of amides is 1. The summed E-state index contributed by atoms with van der Waals surface area (Å²) in [7, 11) is 0. The standard InChI is InChI=1S/C34H41N3O4/c1-23-6-4-5-7-30(23)34(39)35-16-14-29(15-17-35)36-18-19-37(24(2)21-36)25(3)26-8-10-27(11-9-26)33(38)28-12-13-31-32(20-28)41-22-40-31/h4-13,20,24-25,29,33,38H,14-19,21-22H2,1-3H3/t24-,25+,33?/m1/s1. The molecule has 216 valence electrons. The molecule has 41 heavy (non-hydrogen) atoms. The Morgan fingerprint density at radius 2 is 1.56 bits per heavy atom. The fourth-order valence-corrected chi connectivity index (χ4v) is 6.75. The van der Waals surface area contributed by atoms with Crippen LogP contribution in [0.3, 0.4) is 0 Å². The highest BCUT2D eigenvalue weighted by molar-refractivity contribution is 5.95. The highest BCUT2D eigenvalue weighted by atomic mass is 16.7. The van der Waals surface area contributed by atoms with Crippen LogP contribution in [0.2, 0.25) is 0 Å². The summed E-state index contributed by atoms with van der Waals surface area (Å²) in [5.74, 6) is 1.57. The quantitative estimate of drug-likeness (QED) is 0.452. The molecule has 3 aromatic rings. The molecule has 0 radical (unpaired) electrons. The van der Waals surface area contributed by atoms with Crippen LogP contribution in [0, 0.1) is 6.92 Å². The molecule has 0 bridgehead atoms. The molecular formula is C34H41N3O4. The van der Waals surface area contributed by atoms with E-state index in [9.17, 15) is 9.90 Å². The number of fused-ring (bicyclic) bond motifs is 1. The Bertz CT molecular complexity index is 1370. The molecule has 0 aliphatic carbocycles. The van der Waals surface area contributed by atoms with Crippen LogP contribution in [-0.2, 0) is 0 Å². The van der Waals surface area contributed by atoms with Gasteiger partial charge in [0.1, 0.15) is 6.10 Å². The number of carbonyl (C=O) groups excluding carboxylic acids is 1. The third kappa shape index (κ3) is 5.71. The number of rotatable bonds is 6. The first-order valence-corrected chi connectivity index (χ1v) is 14.9. The Kier molecular flexibility index (Phi) is 8.02. The fourth-order valence-electron chi connectivity index (χ4n) is 6.75. The van der Waals surface area contributed by atoms with E-state index < -0.39 is 6.10 Å². The zero-order valence-electron chi connectivity index (χ0n) is 24.3. The van der Waals surface area contributed by atoms with Crippen LogP contribution in [0.15, 0.2) is 66.7 Å². The van der Waals surface area contributed by atoms with Gasteiger partial charge >= 0.3 is 0 Å². The van der Waals surface area contributed by atoms with Crippen molar-refractivity contribution in [2.24, 2.45) is 0 Å². The van der Waals surface area contributed by atoms with E-state index in [-0.39, 0.29) is 18.7 Å². The van der Waals surface area contributed by atoms with E-state index in [1.165, 1.54) is 5.56 Å². The first-order valence-electron chi connectivity index (χ1n) is 14.9. The number of aliphatic hydroxyl groups is 1. The van der Waals surface area contributed by atoms with Gasteiger partial charge in [0.25, 0.3) is 5.91 Å². The van der Waals surface area contributed by atoms with Crippen molar-refractivity contribution in [2.75, 3.05) is 39.5 Å². The third-order valence-corrected chi connectivity index (χ3v) is 9.30. The van der Waals surface area contributed by atoms with Crippen molar-refractivity contribution in [1.82, 2.24) is 14.7 Å². The molecule has 3 atom stereocenters. The number of nitrogens with zero attached hydrogens (tertiary/aromatic N) is 3. The lowest BCUT2D eigenvalue weighted by molar-refractivity contribution is 0.0135. The molecule has 2 saturated heterocycles. The van der Waals surface area contributed by atoms with Gasteiger partial charge in [-0.05, 0) is 74.1 Å². The van der Waals surface area contributed by atoms with E-state index in [4.69, 9.17) is 9.47 Å². The summed E-state index contributed by atoms with van der Waals surface area (Å²) in [4.78, 5) is 20.3. The molecular weight excluding hydrogens is 514 g/mol. The second-order valence-corrected chi connectivity index (χ2v) is 11.8. The number of aryl methyl sites for hydroxylation is 1. The number of aliphatic hydroxyl groups excluding tert-OH is 1. The van der Waals surface area contributed by atoms with Crippen molar-refractivity contribution in [3.63, 3.8) is 0 Å². The molecule has 2 fully saturated rings. The van der Waals surface area contributed by atoms with Gasteiger partial charge in [-0.1, -0.05) is 48.5 Å². The number of likely N-dealkylation sites (tertiary alicyclic amines) is 1. The van der Waals surface area contributed by atoms with E-state index in [1.807, 2.05) is 66.4 Å². The van der Waals surface area contributed by atoms with Crippen LogP contribution in [0.4, 0.5) is 0 Å². The highest BCUT2D eigenvalue weighted by Crippen LogP contribution is 2.36. The van der Waals surface area contributed by atoms with Crippen molar-refractivity contribution in [3.8, 4) is 11.5 Å². The van der Waals surface area contributed by atoms with Crippen molar-refractivity contribution in [2.45, 2.75) is 57.8 Å². The number of ether oxygens (including phenoxy) is 2. The molecule has 1 N–H and O–H groups in total.